The number of methoxy groups -OCH3 is 2. The van der Waals surface area contributed by atoms with Crippen molar-refractivity contribution >= 4 is 17.6 Å². The summed E-state index contributed by atoms with van der Waals surface area (Å²) in [6.45, 7) is 0. The van der Waals surface area contributed by atoms with E-state index in [1.165, 1.54) is 11.1 Å². The fourth-order valence-electron chi connectivity index (χ4n) is 4.59. The number of nitrogens with zero attached hydrogens (tertiary/aromatic N) is 3. The van der Waals surface area contributed by atoms with Crippen LogP contribution in [0.1, 0.15) is 22.7 Å². The van der Waals surface area contributed by atoms with Crippen molar-refractivity contribution in [2.24, 2.45) is 11.0 Å². The Morgan fingerprint density at radius 2 is 1.42 bits per heavy atom. The standard InChI is InChI=1S/C31H29N3O2/c1-35-26-16-11-23(12-17-26)13-20-29-28(22-24-8-4-3-5-9-24)31(25-14-18-27(36-2)19-15-25)34(33-29)30-10-6-7-21-32-30/h3-21,28,31H,22H2,1-2H3. The normalized spacial score (nSPS) is 17.3. The van der Waals surface area contributed by atoms with Crippen LogP contribution in [0, 0.1) is 5.92 Å². The SMILES string of the molecule is COc1ccc(C=CC2=NN(c3ccccn3)C(c3ccc(OC)cc3)C2Cc2ccccc2)cc1. The first-order chi connectivity index (χ1) is 17.7. The second kappa shape index (κ2) is 10.9. The molecule has 4 aromatic rings. The van der Waals surface area contributed by atoms with Crippen LogP contribution in [-0.2, 0) is 6.42 Å². The van der Waals surface area contributed by atoms with Crippen molar-refractivity contribution in [2.45, 2.75) is 12.5 Å². The second-order valence-corrected chi connectivity index (χ2v) is 8.68. The Bertz CT molecular complexity index is 1320. The van der Waals surface area contributed by atoms with E-state index in [1.807, 2.05) is 48.7 Å². The predicted octanol–water partition coefficient (Wildman–Crippen LogP) is 6.59. The molecule has 5 heteroatoms. The molecule has 0 bridgehead atoms. The van der Waals surface area contributed by atoms with Crippen molar-refractivity contribution in [2.75, 3.05) is 19.2 Å². The number of aromatic nitrogens is 1. The minimum Gasteiger partial charge on any atom is -0.497 e. The fraction of sp³-hybridized carbons (Fsp3) is 0.161. The second-order valence-electron chi connectivity index (χ2n) is 8.68. The van der Waals surface area contributed by atoms with Gasteiger partial charge in [0.25, 0.3) is 0 Å². The summed E-state index contributed by atoms with van der Waals surface area (Å²) >= 11 is 0. The number of rotatable bonds is 8. The average Bonchev–Trinajstić information content (AvgIpc) is 3.31. The molecular weight excluding hydrogens is 446 g/mol. The van der Waals surface area contributed by atoms with Crippen molar-refractivity contribution in [1.29, 1.82) is 0 Å². The zero-order valence-corrected chi connectivity index (χ0v) is 20.5. The summed E-state index contributed by atoms with van der Waals surface area (Å²) in [7, 11) is 3.37. The van der Waals surface area contributed by atoms with E-state index in [1.54, 1.807) is 14.2 Å². The van der Waals surface area contributed by atoms with E-state index in [2.05, 4.69) is 76.7 Å². The van der Waals surface area contributed by atoms with Crippen LogP contribution < -0.4 is 14.5 Å². The van der Waals surface area contributed by atoms with Gasteiger partial charge in [-0.05, 0) is 65.6 Å². The molecule has 36 heavy (non-hydrogen) atoms. The fourth-order valence-corrected chi connectivity index (χ4v) is 4.59. The highest BCUT2D eigenvalue weighted by Crippen LogP contribution is 2.41. The van der Waals surface area contributed by atoms with E-state index >= 15 is 0 Å². The Morgan fingerprint density at radius 1 is 0.750 bits per heavy atom. The molecule has 0 N–H and O–H groups in total. The maximum atomic E-state index is 5.42. The van der Waals surface area contributed by atoms with Gasteiger partial charge in [0.2, 0.25) is 0 Å². The first-order valence-corrected chi connectivity index (χ1v) is 12.0. The Morgan fingerprint density at radius 3 is 2.06 bits per heavy atom. The van der Waals surface area contributed by atoms with Crippen LogP contribution in [0.4, 0.5) is 5.82 Å². The van der Waals surface area contributed by atoms with Crippen molar-refractivity contribution in [3.05, 3.63) is 126 Å². The lowest BCUT2D eigenvalue weighted by molar-refractivity contribution is 0.414. The van der Waals surface area contributed by atoms with Crippen LogP contribution in [-0.4, -0.2) is 24.9 Å². The van der Waals surface area contributed by atoms with Gasteiger partial charge in [0.1, 0.15) is 17.3 Å². The highest BCUT2D eigenvalue weighted by molar-refractivity contribution is 6.03. The van der Waals surface area contributed by atoms with Gasteiger partial charge in [0, 0.05) is 12.1 Å². The highest BCUT2D eigenvalue weighted by atomic mass is 16.5. The largest absolute Gasteiger partial charge is 0.497 e. The number of ether oxygens (including phenoxy) is 2. The summed E-state index contributed by atoms with van der Waals surface area (Å²) in [4.78, 5) is 4.64. The molecule has 1 aliphatic heterocycles. The minimum absolute atomic E-state index is 0.0125. The topological polar surface area (TPSA) is 47.0 Å². The molecule has 5 rings (SSSR count). The van der Waals surface area contributed by atoms with Crippen LogP contribution in [0.3, 0.4) is 0 Å². The number of hydrogen-bond donors (Lipinski definition) is 0. The van der Waals surface area contributed by atoms with Crippen molar-refractivity contribution < 1.29 is 9.47 Å². The van der Waals surface area contributed by atoms with E-state index in [-0.39, 0.29) is 12.0 Å². The van der Waals surface area contributed by atoms with Gasteiger partial charge in [-0.1, -0.05) is 66.7 Å². The number of anilines is 1. The molecule has 2 heterocycles. The van der Waals surface area contributed by atoms with Gasteiger partial charge < -0.3 is 9.47 Å². The summed E-state index contributed by atoms with van der Waals surface area (Å²) < 4.78 is 10.7. The lowest BCUT2D eigenvalue weighted by Crippen LogP contribution is -2.27. The Balaban J connectivity index is 1.56. The molecule has 1 aliphatic rings. The molecule has 0 radical (unpaired) electrons. The molecular formula is C31H29N3O2. The first kappa shape index (κ1) is 23.4. The molecule has 0 aliphatic carbocycles. The number of hydrazone groups is 1. The molecule has 0 fully saturated rings. The van der Waals surface area contributed by atoms with Crippen LogP contribution in [0.15, 0.2) is 114 Å². The molecule has 0 saturated heterocycles. The number of pyridine rings is 1. The third-order valence-corrected chi connectivity index (χ3v) is 6.45. The molecule has 0 amide bonds. The number of hydrogen-bond acceptors (Lipinski definition) is 5. The highest BCUT2D eigenvalue weighted by Gasteiger charge is 2.38. The smallest absolute Gasteiger partial charge is 0.149 e. The molecule has 0 saturated carbocycles. The Hall–Kier alpha value is -4.38. The third-order valence-electron chi connectivity index (χ3n) is 6.45. The summed E-state index contributed by atoms with van der Waals surface area (Å²) in [5.74, 6) is 2.62. The zero-order chi connectivity index (χ0) is 24.7. The quantitative estimate of drug-likeness (QED) is 0.288. The molecule has 0 spiro atoms. The van der Waals surface area contributed by atoms with Gasteiger partial charge in [-0.2, -0.15) is 5.10 Å². The van der Waals surface area contributed by atoms with Gasteiger partial charge in [-0.25, -0.2) is 9.99 Å². The maximum absolute atomic E-state index is 5.42. The monoisotopic (exact) mass is 475 g/mol. The molecule has 2 unspecified atom stereocenters. The van der Waals surface area contributed by atoms with E-state index in [0.29, 0.717) is 0 Å². The van der Waals surface area contributed by atoms with Crippen LogP contribution >= 0.6 is 0 Å². The Kier molecular flexibility index (Phi) is 7.08. The summed E-state index contributed by atoms with van der Waals surface area (Å²) in [6.07, 6.45) is 6.91. The van der Waals surface area contributed by atoms with Gasteiger partial charge in [0.15, 0.2) is 0 Å². The zero-order valence-electron chi connectivity index (χ0n) is 20.5. The number of allylic oxidation sites excluding steroid dienone is 1. The lowest BCUT2D eigenvalue weighted by Gasteiger charge is -2.28. The molecule has 1 aromatic heterocycles. The lowest BCUT2D eigenvalue weighted by atomic mass is 9.84. The van der Waals surface area contributed by atoms with Crippen LogP contribution in [0.2, 0.25) is 0 Å². The minimum atomic E-state index is -0.0125. The molecule has 180 valence electrons. The summed E-state index contributed by atoms with van der Waals surface area (Å²) in [5.41, 5.74) is 4.55. The molecule has 5 nitrogen and oxygen atoms in total. The maximum Gasteiger partial charge on any atom is 0.149 e. The van der Waals surface area contributed by atoms with E-state index in [4.69, 9.17) is 14.6 Å². The van der Waals surface area contributed by atoms with Crippen LogP contribution in [0.25, 0.3) is 6.08 Å². The molecule has 2 atom stereocenters. The Labute approximate surface area is 212 Å². The third kappa shape index (κ3) is 5.15. The first-order valence-electron chi connectivity index (χ1n) is 12.0. The number of benzene rings is 3. The van der Waals surface area contributed by atoms with E-state index in [0.717, 1.165) is 35.0 Å². The van der Waals surface area contributed by atoms with Gasteiger partial charge in [0.05, 0.1) is 26.0 Å². The van der Waals surface area contributed by atoms with Crippen LogP contribution in [0.5, 0.6) is 11.5 Å². The molecule has 3 aromatic carbocycles. The summed E-state index contributed by atoms with van der Waals surface area (Å²) in [6, 6.07) is 32.8. The summed E-state index contributed by atoms with van der Waals surface area (Å²) in [5, 5.41) is 7.19. The predicted molar refractivity (Wildman–Crippen MR) is 146 cm³/mol. The van der Waals surface area contributed by atoms with Gasteiger partial charge in [-0.3, -0.25) is 0 Å². The van der Waals surface area contributed by atoms with Crippen molar-refractivity contribution in [3.8, 4) is 11.5 Å². The van der Waals surface area contributed by atoms with Crippen molar-refractivity contribution in [3.63, 3.8) is 0 Å². The van der Waals surface area contributed by atoms with Crippen molar-refractivity contribution in [1.82, 2.24) is 4.98 Å². The van der Waals surface area contributed by atoms with E-state index in [9.17, 15) is 0 Å². The van der Waals surface area contributed by atoms with Gasteiger partial charge >= 0.3 is 0 Å². The van der Waals surface area contributed by atoms with Gasteiger partial charge in [-0.15, -0.1) is 0 Å². The van der Waals surface area contributed by atoms with E-state index < -0.39 is 0 Å². The average molecular weight is 476 g/mol.